The highest BCUT2D eigenvalue weighted by molar-refractivity contribution is 6.04. The molecule has 0 radical (unpaired) electrons. The minimum Gasteiger partial charge on any atom is -0.324 e. The first kappa shape index (κ1) is 18.3. The molecule has 6 nitrogen and oxygen atoms in total. The van der Waals surface area contributed by atoms with E-state index in [0.717, 1.165) is 5.69 Å². The van der Waals surface area contributed by atoms with Crippen molar-refractivity contribution in [3.05, 3.63) is 77.1 Å². The number of aromatic nitrogens is 2. The van der Waals surface area contributed by atoms with Gasteiger partial charge in [-0.2, -0.15) is 0 Å². The van der Waals surface area contributed by atoms with Crippen molar-refractivity contribution in [3.63, 3.8) is 0 Å². The van der Waals surface area contributed by atoms with E-state index in [4.69, 9.17) is 0 Å². The van der Waals surface area contributed by atoms with Crippen LogP contribution in [0, 0.1) is 13.8 Å². The maximum absolute atomic E-state index is 12.4. The Morgan fingerprint density at radius 1 is 0.852 bits per heavy atom. The van der Waals surface area contributed by atoms with Crippen molar-refractivity contribution in [2.75, 3.05) is 10.6 Å². The summed E-state index contributed by atoms with van der Waals surface area (Å²) < 4.78 is 0. The zero-order chi connectivity index (χ0) is 19.4. The predicted octanol–water partition coefficient (Wildman–Crippen LogP) is 4.29. The summed E-state index contributed by atoms with van der Waals surface area (Å²) in [5.74, 6) is 0.0121. The van der Waals surface area contributed by atoms with Gasteiger partial charge in [0.15, 0.2) is 5.78 Å². The molecule has 6 heteroatoms. The fourth-order valence-electron chi connectivity index (χ4n) is 2.48. The summed E-state index contributed by atoms with van der Waals surface area (Å²) in [6, 6.07) is 12.8. The Morgan fingerprint density at radius 2 is 1.59 bits per heavy atom. The molecule has 1 amide bonds. The lowest BCUT2D eigenvalue weighted by Crippen LogP contribution is -2.13. The minimum absolute atomic E-state index is 0.0591. The van der Waals surface area contributed by atoms with Crippen LogP contribution < -0.4 is 10.6 Å². The average Bonchev–Trinajstić information content (AvgIpc) is 2.65. The second-order valence-electron chi connectivity index (χ2n) is 6.31. The SMILES string of the molecule is CC(=O)c1cccc(NC(=O)c2cnc(Nc3ccc(C)c(C)c3)nc2)c1. The van der Waals surface area contributed by atoms with Crippen LogP contribution in [-0.2, 0) is 0 Å². The molecule has 3 rings (SSSR count). The molecule has 0 aliphatic carbocycles. The van der Waals surface area contributed by atoms with Crippen LogP contribution in [0.4, 0.5) is 17.3 Å². The number of rotatable bonds is 5. The zero-order valence-electron chi connectivity index (χ0n) is 15.4. The zero-order valence-corrected chi connectivity index (χ0v) is 15.4. The fourth-order valence-corrected chi connectivity index (χ4v) is 2.48. The number of carbonyl (C=O) groups is 2. The summed E-state index contributed by atoms with van der Waals surface area (Å²) in [7, 11) is 0. The van der Waals surface area contributed by atoms with Crippen molar-refractivity contribution >= 4 is 29.0 Å². The molecule has 0 saturated carbocycles. The molecule has 0 spiro atoms. The molecular weight excluding hydrogens is 340 g/mol. The maximum Gasteiger partial charge on any atom is 0.258 e. The van der Waals surface area contributed by atoms with Crippen molar-refractivity contribution in [2.45, 2.75) is 20.8 Å². The Labute approximate surface area is 157 Å². The van der Waals surface area contributed by atoms with Crippen LogP contribution in [0.15, 0.2) is 54.9 Å². The summed E-state index contributed by atoms with van der Waals surface area (Å²) >= 11 is 0. The van der Waals surface area contributed by atoms with Crippen LogP contribution in [0.25, 0.3) is 0 Å². The lowest BCUT2D eigenvalue weighted by Gasteiger charge is -2.08. The molecule has 0 bridgehead atoms. The van der Waals surface area contributed by atoms with Crippen LogP contribution in [0.3, 0.4) is 0 Å². The molecule has 3 aromatic rings. The summed E-state index contributed by atoms with van der Waals surface area (Å²) in [4.78, 5) is 32.2. The van der Waals surface area contributed by atoms with Gasteiger partial charge in [-0.15, -0.1) is 0 Å². The molecule has 1 heterocycles. The van der Waals surface area contributed by atoms with Gasteiger partial charge in [-0.25, -0.2) is 9.97 Å². The van der Waals surface area contributed by atoms with Crippen molar-refractivity contribution < 1.29 is 9.59 Å². The van der Waals surface area contributed by atoms with Crippen LogP contribution >= 0.6 is 0 Å². The molecule has 2 N–H and O–H groups in total. The van der Waals surface area contributed by atoms with E-state index in [-0.39, 0.29) is 11.7 Å². The number of carbonyl (C=O) groups excluding carboxylic acids is 2. The van der Waals surface area contributed by atoms with E-state index in [1.807, 2.05) is 25.1 Å². The van der Waals surface area contributed by atoms with E-state index in [1.54, 1.807) is 24.3 Å². The molecule has 0 fully saturated rings. The molecular formula is C21H20N4O2. The molecule has 0 aliphatic rings. The van der Waals surface area contributed by atoms with E-state index in [2.05, 4.69) is 27.5 Å². The number of amides is 1. The van der Waals surface area contributed by atoms with Crippen molar-refractivity contribution in [1.29, 1.82) is 0 Å². The third-order valence-corrected chi connectivity index (χ3v) is 4.20. The number of hydrogen-bond acceptors (Lipinski definition) is 5. The molecule has 0 aliphatic heterocycles. The molecule has 136 valence electrons. The lowest BCUT2D eigenvalue weighted by molar-refractivity contribution is 0.101. The highest BCUT2D eigenvalue weighted by atomic mass is 16.1. The van der Waals surface area contributed by atoms with Gasteiger partial charge in [-0.3, -0.25) is 9.59 Å². The van der Waals surface area contributed by atoms with Crippen LogP contribution in [-0.4, -0.2) is 21.7 Å². The Kier molecular flexibility index (Phi) is 5.26. The molecule has 1 aromatic heterocycles. The van der Waals surface area contributed by atoms with E-state index in [9.17, 15) is 9.59 Å². The smallest absolute Gasteiger partial charge is 0.258 e. The van der Waals surface area contributed by atoms with Crippen molar-refractivity contribution in [1.82, 2.24) is 9.97 Å². The number of hydrogen-bond donors (Lipinski definition) is 2. The highest BCUT2D eigenvalue weighted by Crippen LogP contribution is 2.17. The molecule has 2 aromatic carbocycles. The number of nitrogens with zero attached hydrogens (tertiary/aromatic N) is 2. The molecule has 0 unspecified atom stereocenters. The molecule has 27 heavy (non-hydrogen) atoms. The standard InChI is InChI=1S/C21H20N4O2/c1-13-7-8-19(9-14(13)2)25-21-22-11-17(12-23-21)20(27)24-18-6-4-5-16(10-18)15(3)26/h4-12H,1-3H3,(H,24,27)(H,22,23,25). The third-order valence-electron chi connectivity index (χ3n) is 4.20. The number of anilines is 3. The van der Waals surface area contributed by atoms with Gasteiger partial charge in [0.25, 0.3) is 5.91 Å². The molecule has 0 atom stereocenters. The van der Waals surface area contributed by atoms with Gasteiger partial charge in [0.05, 0.1) is 5.56 Å². The Hall–Kier alpha value is -3.54. The third kappa shape index (κ3) is 4.55. The van der Waals surface area contributed by atoms with Crippen LogP contribution in [0.1, 0.15) is 38.8 Å². The highest BCUT2D eigenvalue weighted by Gasteiger charge is 2.09. The first-order chi connectivity index (χ1) is 12.9. The average molecular weight is 360 g/mol. The first-order valence-electron chi connectivity index (χ1n) is 8.51. The monoisotopic (exact) mass is 360 g/mol. The second kappa shape index (κ2) is 7.78. The van der Waals surface area contributed by atoms with E-state index in [0.29, 0.717) is 22.8 Å². The van der Waals surface area contributed by atoms with Crippen molar-refractivity contribution in [2.24, 2.45) is 0 Å². The topological polar surface area (TPSA) is 84.0 Å². The van der Waals surface area contributed by atoms with E-state index >= 15 is 0 Å². The van der Waals surface area contributed by atoms with Gasteiger partial charge in [0.2, 0.25) is 5.95 Å². The van der Waals surface area contributed by atoms with Gasteiger partial charge < -0.3 is 10.6 Å². The molecule has 0 saturated heterocycles. The van der Waals surface area contributed by atoms with Crippen LogP contribution in [0.2, 0.25) is 0 Å². The van der Waals surface area contributed by atoms with E-state index in [1.165, 1.54) is 30.4 Å². The summed E-state index contributed by atoms with van der Waals surface area (Å²) in [5, 5.41) is 5.86. The number of Topliss-reactive ketones (excluding diaryl/α,β-unsaturated/α-hetero) is 1. The van der Waals surface area contributed by atoms with Gasteiger partial charge in [0, 0.05) is 29.3 Å². The van der Waals surface area contributed by atoms with Gasteiger partial charge in [-0.1, -0.05) is 18.2 Å². The largest absolute Gasteiger partial charge is 0.324 e. The normalized spacial score (nSPS) is 10.3. The van der Waals surface area contributed by atoms with Crippen molar-refractivity contribution in [3.8, 4) is 0 Å². The summed E-state index contributed by atoms with van der Waals surface area (Å²) in [6.07, 6.45) is 2.92. The van der Waals surface area contributed by atoms with Gasteiger partial charge in [0.1, 0.15) is 0 Å². The maximum atomic E-state index is 12.4. The predicted molar refractivity (Wildman–Crippen MR) is 106 cm³/mol. The second-order valence-corrected chi connectivity index (χ2v) is 6.31. The number of ketones is 1. The first-order valence-corrected chi connectivity index (χ1v) is 8.51. The number of aryl methyl sites for hydroxylation is 2. The fraction of sp³-hybridized carbons (Fsp3) is 0.143. The van der Waals surface area contributed by atoms with Gasteiger partial charge >= 0.3 is 0 Å². The lowest BCUT2D eigenvalue weighted by atomic mass is 10.1. The number of nitrogens with one attached hydrogen (secondary N) is 2. The minimum atomic E-state index is -0.339. The van der Waals surface area contributed by atoms with Crippen LogP contribution in [0.5, 0.6) is 0 Å². The Balaban J connectivity index is 1.69. The Bertz CT molecular complexity index is 997. The van der Waals surface area contributed by atoms with E-state index < -0.39 is 0 Å². The number of benzene rings is 2. The summed E-state index contributed by atoms with van der Waals surface area (Å²) in [6.45, 7) is 5.57. The quantitative estimate of drug-likeness (QED) is 0.663. The summed E-state index contributed by atoms with van der Waals surface area (Å²) in [5.41, 5.74) is 4.68. The van der Waals surface area contributed by atoms with Gasteiger partial charge in [-0.05, 0) is 56.2 Å². The Morgan fingerprint density at radius 3 is 2.26 bits per heavy atom.